The van der Waals surface area contributed by atoms with Gasteiger partial charge in [0.05, 0.1) is 16.7 Å². The monoisotopic (exact) mass is 250 g/mol. The van der Waals surface area contributed by atoms with Crippen LogP contribution in [-0.2, 0) is 0 Å². The molecule has 0 spiro atoms. The Labute approximate surface area is 111 Å². The van der Waals surface area contributed by atoms with E-state index < -0.39 is 0 Å². The van der Waals surface area contributed by atoms with Gasteiger partial charge in [0.2, 0.25) is 5.95 Å². The Morgan fingerprint density at radius 3 is 2.68 bits per heavy atom. The molecule has 0 radical (unpaired) electrons. The van der Waals surface area contributed by atoms with E-state index in [9.17, 15) is 0 Å². The maximum Gasteiger partial charge on any atom is 0.212 e. The molecule has 4 rings (SSSR count). The standard InChI is InChI=1S/C15H14N4/c1-18-14(16)10-6-2-4-8-12(10)19-13-9-5-3-7-11(13)17-15(18)19/h2-9,14H,16H2,1H3. The molecule has 3 aromatic rings. The predicted octanol–water partition coefficient (Wildman–Crippen LogP) is 2.43. The number of aromatic nitrogens is 2. The first-order valence-corrected chi connectivity index (χ1v) is 6.32. The number of anilines is 1. The molecule has 1 unspecified atom stereocenters. The molecular formula is C15H14N4. The van der Waals surface area contributed by atoms with Crippen LogP contribution in [0.15, 0.2) is 48.5 Å². The molecule has 4 nitrogen and oxygen atoms in total. The molecule has 0 bridgehead atoms. The third-order valence-corrected chi connectivity index (χ3v) is 3.77. The van der Waals surface area contributed by atoms with E-state index in [0.717, 1.165) is 28.2 Å². The van der Waals surface area contributed by atoms with Crippen LogP contribution in [0.1, 0.15) is 11.7 Å². The number of hydrogen-bond acceptors (Lipinski definition) is 3. The number of hydrogen-bond donors (Lipinski definition) is 1. The highest BCUT2D eigenvalue weighted by Gasteiger charge is 2.28. The number of benzene rings is 2. The second-order valence-corrected chi connectivity index (χ2v) is 4.85. The van der Waals surface area contributed by atoms with Crippen LogP contribution in [0, 0.1) is 0 Å². The van der Waals surface area contributed by atoms with Gasteiger partial charge in [-0.2, -0.15) is 0 Å². The van der Waals surface area contributed by atoms with Gasteiger partial charge in [0, 0.05) is 12.6 Å². The first-order valence-electron chi connectivity index (χ1n) is 6.32. The van der Waals surface area contributed by atoms with Crippen LogP contribution in [0.4, 0.5) is 5.95 Å². The first-order chi connectivity index (χ1) is 9.27. The fourth-order valence-electron chi connectivity index (χ4n) is 2.76. The van der Waals surface area contributed by atoms with E-state index in [1.54, 1.807) is 0 Å². The first kappa shape index (κ1) is 10.6. The fourth-order valence-corrected chi connectivity index (χ4v) is 2.76. The van der Waals surface area contributed by atoms with Crippen molar-refractivity contribution in [2.75, 3.05) is 11.9 Å². The summed E-state index contributed by atoms with van der Waals surface area (Å²) in [7, 11) is 1.98. The molecule has 94 valence electrons. The SMILES string of the molecule is CN1c2nc3ccccc3n2-c2ccccc2C1N. The Bertz CT molecular complexity index is 775. The molecule has 0 fully saturated rings. The maximum atomic E-state index is 6.30. The highest BCUT2D eigenvalue weighted by Crippen LogP contribution is 2.36. The summed E-state index contributed by atoms with van der Waals surface area (Å²) in [5, 5.41) is 0. The molecule has 1 atom stereocenters. The zero-order valence-electron chi connectivity index (χ0n) is 10.6. The number of rotatable bonds is 0. The van der Waals surface area contributed by atoms with Crippen LogP contribution in [0.25, 0.3) is 16.7 Å². The molecule has 1 aromatic heterocycles. The summed E-state index contributed by atoms with van der Waals surface area (Å²) in [6.07, 6.45) is -0.152. The van der Waals surface area contributed by atoms with Gasteiger partial charge in [-0.1, -0.05) is 30.3 Å². The van der Waals surface area contributed by atoms with Gasteiger partial charge < -0.3 is 10.6 Å². The number of nitrogens with zero attached hydrogens (tertiary/aromatic N) is 3. The van der Waals surface area contributed by atoms with Crippen molar-refractivity contribution in [3.63, 3.8) is 0 Å². The van der Waals surface area contributed by atoms with Crippen molar-refractivity contribution < 1.29 is 0 Å². The van der Waals surface area contributed by atoms with E-state index in [-0.39, 0.29) is 6.17 Å². The van der Waals surface area contributed by atoms with Crippen molar-refractivity contribution >= 4 is 17.0 Å². The topological polar surface area (TPSA) is 47.1 Å². The van der Waals surface area contributed by atoms with E-state index in [4.69, 9.17) is 10.7 Å². The summed E-state index contributed by atoms with van der Waals surface area (Å²) in [6, 6.07) is 16.4. The smallest absolute Gasteiger partial charge is 0.212 e. The average molecular weight is 250 g/mol. The van der Waals surface area contributed by atoms with Crippen LogP contribution in [0.2, 0.25) is 0 Å². The minimum Gasteiger partial charge on any atom is -0.325 e. The molecule has 1 aliphatic rings. The Morgan fingerprint density at radius 2 is 1.79 bits per heavy atom. The van der Waals surface area contributed by atoms with Gasteiger partial charge in [-0.15, -0.1) is 0 Å². The van der Waals surface area contributed by atoms with E-state index >= 15 is 0 Å². The van der Waals surface area contributed by atoms with E-state index in [2.05, 4.69) is 22.8 Å². The Balaban J connectivity index is 2.15. The van der Waals surface area contributed by atoms with Crippen LogP contribution in [-0.4, -0.2) is 16.6 Å². The number of imidazole rings is 1. The van der Waals surface area contributed by atoms with Crippen molar-refractivity contribution in [1.29, 1.82) is 0 Å². The van der Waals surface area contributed by atoms with Crippen LogP contribution in [0.5, 0.6) is 0 Å². The summed E-state index contributed by atoms with van der Waals surface area (Å²) < 4.78 is 2.17. The van der Waals surface area contributed by atoms with Gasteiger partial charge in [-0.3, -0.25) is 4.57 Å². The zero-order chi connectivity index (χ0) is 13.0. The summed E-state index contributed by atoms with van der Waals surface area (Å²) >= 11 is 0. The summed E-state index contributed by atoms with van der Waals surface area (Å²) in [5.41, 5.74) is 10.7. The zero-order valence-corrected chi connectivity index (χ0v) is 10.6. The maximum absolute atomic E-state index is 6.30. The summed E-state index contributed by atoms with van der Waals surface area (Å²) in [6.45, 7) is 0. The molecule has 0 amide bonds. The third kappa shape index (κ3) is 1.29. The number of para-hydroxylation sites is 3. The molecule has 4 heteroatoms. The second kappa shape index (κ2) is 3.59. The lowest BCUT2D eigenvalue weighted by Crippen LogP contribution is -2.36. The van der Waals surface area contributed by atoms with E-state index in [0.29, 0.717) is 0 Å². The Morgan fingerprint density at radius 1 is 1.05 bits per heavy atom. The highest BCUT2D eigenvalue weighted by molar-refractivity contribution is 5.83. The van der Waals surface area contributed by atoms with Gasteiger partial charge in [-0.25, -0.2) is 4.98 Å². The van der Waals surface area contributed by atoms with Gasteiger partial charge >= 0.3 is 0 Å². The van der Waals surface area contributed by atoms with Gasteiger partial charge in [-0.05, 0) is 18.2 Å². The molecule has 19 heavy (non-hydrogen) atoms. The molecule has 2 aromatic carbocycles. The van der Waals surface area contributed by atoms with Crippen LogP contribution in [0.3, 0.4) is 0 Å². The molecule has 2 N–H and O–H groups in total. The lowest BCUT2D eigenvalue weighted by molar-refractivity contribution is 0.653. The molecule has 0 saturated heterocycles. The lowest BCUT2D eigenvalue weighted by Gasteiger charge is -2.33. The molecule has 2 heterocycles. The van der Waals surface area contributed by atoms with E-state index in [1.807, 2.05) is 42.3 Å². The third-order valence-electron chi connectivity index (χ3n) is 3.77. The fraction of sp³-hybridized carbons (Fsp3) is 0.133. The quantitative estimate of drug-likeness (QED) is 0.666. The largest absolute Gasteiger partial charge is 0.325 e. The van der Waals surface area contributed by atoms with Crippen molar-refractivity contribution in [3.05, 3.63) is 54.1 Å². The van der Waals surface area contributed by atoms with Crippen LogP contribution >= 0.6 is 0 Å². The highest BCUT2D eigenvalue weighted by atomic mass is 15.4. The minimum atomic E-state index is -0.152. The van der Waals surface area contributed by atoms with Gasteiger partial charge in [0.25, 0.3) is 0 Å². The van der Waals surface area contributed by atoms with Crippen molar-refractivity contribution in [3.8, 4) is 5.69 Å². The molecule has 0 saturated carbocycles. The average Bonchev–Trinajstić information content (AvgIpc) is 2.84. The van der Waals surface area contributed by atoms with E-state index in [1.165, 1.54) is 0 Å². The molecule has 0 aliphatic carbocycles. The van der Waals surface area contributed by atoms with Crippen molar-refractivity contribution in [1.82, 2.24) is 9.55 Å². The number of nitrogens with two attached hydrogens (primary N) is 1. The van der Waals surface area contributed by atoms with Gasteiger partial charge in [0.15, 0.2) is 0 Å². The molecular weight excluding hydrogens is 236 g/mol. The van der Waals surface area contributed by atoms with Crippen LogP contribution < -0.4 is 10.6 Å². The Kier molecular flexibility index (Phi) is 2.00. The summed E-state index contributed by atoms with van der Waals surface area (Å²) in [4.78, 5) is 6.71. The summed E-state index contributed by atoms with van der Waals surface area (Å²) in [5.74, 6) is 0.896. The lowest BCUT2D eigenvalue weighted by atomic mass is 10.1. The number of fused-ring (bicyclic) bond motifs is 5. The second-order valence-electron chi connectivity index (χ2n) is 4.85. The molecule has 1 aliphatic heterocycles. The minimum absolute atomic E-state index is 0.152. The normalized spacial score (nSPS) is 17.4. The Hall–Kier alpha value is -2.33. The predicted molar refractivity (Wildman–Crippen MR) is 76.4 cm³/mol. The van der Waals surface area contributed by atoms with Crippen molar-refractivity contribution in [2.24, 2.45) is 5.73 Å². The van der Waals surface area contributed by atoms with Crippen molar-refractivity contribution in [2.45, 2.75) is 6.17 Å². The van der Waals surface area contributed by atoms with Gasteiger partial charge in [0.1, 0.15) is 6.17 Å².